The number of rotatable bonds is 9. The molecule has 1 fully saturated rings. The molecule has 206 valence electrons. The van der Waals surface area contributed by atoms with E-state index in [-0.39, 0.29) is 51.9 Å². The van der Waals surface area contributed by atoms with E-state index in [0.717, 1.165) is 34.2 Å². The molecule has 3 aromatic carbocycles. The number of carbonyl (C=O) groups excluding carboxylic acids is 2. The number of piperidine rings is 1. The zero-order valence-corrected chi connectivity index (χ0v) is 23.7. The van der Waals surface area contributed by atoms with Crippen molar-refractivity contribution in [3.63, 3.8) is 0 Å². The highest BCUT2D eigenvalue weighted by molar-refractivity contribution is 7.89. The maximum absolute atomic E-state index is 13.5. The number of hydrogen-bond acceptors (Lipinski definition) is 6. The van der Waals surface area contributed by atoms with E-state index in [0.29, 0.717) is 38.0 Å². The van der Waals surface area contributed by atoms with Crippen LogP contribution in [0.1, 0.15) is 35.2 Å². The first-order chi connectivity index (χ1) is 18.6. The number of phenolic OH excluding ortho intramolecular Hbond substituents is 1. The SMILES string of the molecule is COCCCN1C(=O)c2cccc3c(CC(=O)C4CCCN(S(=O)(=O)c5cc(Cl)c(O)c(Cl)c5)C4)ccc1c23. The minimum Gasteiger partial charge on any atom is -0.505 e. The summed E-state index contributed by atoms with van der Waals surface area (Å²) in [7, 11) is -2.34. The third-order valence-corrected chi connectivity index (χ3v) is 9.86. The number of carbonyl (C=O) groups is 2. The Labute approximate surface area is 237 Å². The van der Waals surface area contributed by atoms with Gasteiger partial charge in [-0.2, -0.15) is 4.31 Å². The molecule has 2 aliphatic heterocycles. The van der Waals surface area contributed by atoms with Crippen LogP contribution in [0.3, 0.4) is 0 Å². The molecule has 0 aromatic heterocycles. The van der Waals surface area contributed by atoms with Crippen LogP contribution in [0.15, 0.2) is 47.4 Å². The zero-order chi connectivity index (χ0) is 27.9. The quantitative estimate of drug-likeness (QED) is 0.349. The lowest BCUT2D eigenvalue weighted by Crippen LogP contribution is -2.42. The van der Waals surface area contributed by atoms with Gasteiger partial charge in [0.05, 0.1) is 20.6 Å². The van der Waals surface area contributed by atoms with Gasteiger partial charge in [-0.3, -0.25) is 9.59 Å². The van der Waals surface area contributed by atoms with Crippen molar-refractivity contribution in [2.24, 2.45) is 5.92 Å². The molecule has 39 heavy (non-hydrogen) atoms. The molecule has 5 rings (SSSR count). The van der Waals surface area contributed by atoms with Crippen molar-refractivity contribution >= 4 is 61.4 Å². The summed E-state index contributed by atoms with van der Waals surface area (Å²) >= 11 is 11.9. The fourth-order valence-electron chi connectivity index (χ4n) is 5.45. The van der Waals surface area contributed by atoms with Gasteiger partial charge in [-0.25, -0.2) is 8.42 Å². The Balaban J connectivity index is 1.37. The smallest absolute Gasteiger partial charge is 0.258 e. The minimum absolute atomic E-state index is 0.0459. The van der Waals surface area contributed by atoms with Crippen molar-refractivity contribution < 1.29 is 27.9 Å². The number of nitrogens with zero attached hydrogens (tertiary/aromatic N) is 2. The third kappa shape index (κ3) is 5.14. The van der Waals surface area contributed by atoms with Crippen LogP contribution < -0.4 is 4.90 Å². The largest absolute Gasteiger partial charge is 0.505 e. The number of methoxy groups -OCH3 is 1. The van der Waals surface area contributed by atoms with Gasteiger partial charge in [0.2, 0.25) is 10.0 Å². The van der Waals surface area contributed by atoms with Crippen LogP contribution in [-0.2, 0) is 26.0 Å². The highest BCUT2D eigenvalue weighted by Crippen LogP contribution is 2.40. The highest BCUT2D eigenvalue weighted by Gasteiger charge is 2.35. The standard InChI is InChI=1S/C28H28Cl2N2O6S/c1-38-12-4-11-32-24-9-8-17(20-6-2-7-21(26(20)24)28(32)35)13-25(33)18-5-3-10-31(16-18)39(36,37)19-14-22(29)27(34)23(30)15-19/h2,6-9,14-15,18,34H,3-5,10-13,16H2,1H3. The second-order valence-corrected chi connectivity index (χ2v) is 12.6. The number of hydrogen-bond donors (Lipinski definition) is 1. The van der Waals surface area contributed by atoms with Gasteiger partial charge >= 0.3 is 0 Å². The topological polar surface area (TPSA) is 104 Å². The maximum atomic E-state index is 13.5. The first kappa shape index (κ1) is 27.9. The van der Waals surface area contributed by atoms with Gasteiger partial charge in [0.25, 0.3) is 5.91 Å². The predicted octanol–water partition coefficient (Wildman–Crippen LogP) is 5.06. The molecule has 8 nitrogen and oxygen atoms in total. The van der Waals surface area contributed by atoms with Crippen molar-refractivity contribution in [1.29, 1.82) is 0 Å². The van der Waals surface area contributed by atoms with Gasteiger partial charge in [0.15, 0.2) is 5.75 Å². The summed E-state index contributed by atoms with van der Waals surface area (Å²) in [5.74, 6) is -0.975. The lowest BCUT2D eigenvalue weighted by molar-refractivity contribution is -0.123. The fourth-order valence-corrected chi connectivity index (χ4v) is 7.64. The van der Waals surface area contributed by atoms with Gasteiger partial charge in [-0.1, -0.05) is 41.4 Å². The maximum Gasteiger partial charge on any atom is 0.258 e. The first-order valence-electron chi connectivity index (χ1n) is 12.7. The predicted molar refractivity (Wildman–Crippen MR) is 150 cm³/mol. The fraction of sp³-hybridized carbons (Fsp3) is 0.357. The summed E-state index contributed by atoms with van der Waals surface area (Å²) in [4.78, 5) is 28.2. The molecule has 3 aromatic rings. The first-order valence-corrected chi connectivity index (χ1v) is 14.9. The minimum atomic E-state index is -3.97. The molecule has 1 N–H and O–H groups in total. The monoisotopic (exact) mass is 590 g/mol. The number of benzene rings is 3. The molecule has 2 aliphatic rings. The summed E-state index contributed by atoms with van der Waals surface area (Å²) in [6, 6.07) is 11.7. The van der Waals surface area contributed by atoms with Crippen LogP contribution in [0.4, 0.5) is 5.69 Å². The average Bonchev–Trinajstić information content (AvgIpc) is 3.20. The Bertz CT molecular complexity index is 1550. The van der Waals surface area contributed by atoms with E-state index in [9.17, 15) is 23.1 Å². The number of ketones is 1. The van der Waals surface area contributed by atoms with Crippen molar-refractivity contribution in [1.82, 2.24) is 4.31 Å². The average molecular weight is 592 g/mol. The number of halogens is 2. The van der Waals surface area contributed by atoms with Crippen molar-refractivity contribution in [2.45, 2.75) is 30.6 Å². The zero-order valence-electron chi connectivity index (χ0n) is 21.3. The molecule has 0 aliphatic carbocycles. The van der Waals surface area contributed by atoms with Crippen LogP contribution in [0, 0.1) is 5.92 Å². The Kier molecular flexibility index (Phi) is 7.90. The number of ether oxygens (including phenoxy) is 1. The van der Waals surface area contributed by atoms with Crippen LogP contribution in [0.25, 0.3) is 10.8 Å². The van der Waals surface area contributed by atoms with Crippen molar-refractivity contribution in [3.05, 3.63) is 63.6 Å². The van der Waals surface area contributed by atoms with E-state index in [1.54, 1.807) is 12.0 Å². The molecule has 0 saturated carbocycles. The Morgan fingerprint density at radius 1 is 1.15 bits per heavy atom. The van der Waals surface area contributed by atoms with Crippen LogP contribution in [-0.4, -0.2) is 62.9 Å². The van der Waals surface area contributed by atoms with E-state index < -0.39 is 15.9 Å². The third-order valence-electron chi connectivity index (χ3n) is 7.44. The summed E-state index contributed by atoms with van der Waals surface area (Å²) in [6.45, 7) is 1.41. The lowest BCUT2D eigenvalue weighted by Gasteiger charge is -2.31. The molecule has 0 radical (unpaired) electrons. The molecule has 0 bridgehead atoms. The highest BCUT2D eigenvalue weighted by atomic mass is 35.5. The van der Waals surface area contributed by atoms with E-state index in [1.807, 2.05) is 30.3 Å². The summed E-state index contributed by atoms with van der Waals surface area (Å²) in [6.07, 6.45) is 1.95. The van der Waals surface area contributed by atoms with Crippen molar-refractivity contribution in [3.8, 4) is 5.75 Å². The van der Waals surface area contributed by atoms with Gasteiger partial charge in [0, 0.05) is 56.6 Å². The number of sulfonamides is 1. The second kappa shape index (κ2) is 11.1. The second-order valence-electron chi connectivity index (χ2n) is 9.86. The molecule has 11 heteroatoms. The molecular formula is C28H28Cl2N2O6S. The van der Waals surface area contributed by atoms with Gasteiger partial charge in [-0.15, -0.1) is 0 Å². The molecule has 0 spiro atoms. The van der Waals surface area contributed by atoms with E-state index >= 15 is 0 Å². The van der Waals surface area contributed by atoms with E-state index in [2.05, 4.69) is 0 Å². The summed E-state index contributed by atoms with van der Waals surface area (Å²) in [5, 5.41) is 11.2. The molecule has 1 saturated heterocycles. The summed E-state index contributed by atoms with van der Waals surface area (Å²) in [5.41, 5.74) is 2.26. The Hall–Kier alpha value is -2.69. The van der Waals surface area contributed by atoms with Gasteiger partial charge < -0.3 is 14.7 Å². The Morgan fingerprint density at radius 2 is 1.90 bits per heavy atom. The number of phenols is 1. The number of aromatic hydroxyl groups is 1. The number of amides is 1. The molecular weight excluding hydrogens is 563 g/mol. The molecule has 2 heterocycles. The van der Waals surface area contributed by atoms with Crippen LogP contribution in [0.2, 0.25) is 10.0 Å². The van der Waals surface area contributed by atoms with E-state index in [4.69, 9.17) is 27.9 Å². The molecule has 1 unspecified atom stereocenters. The number of anilines is 1. The molecule has 1 amide bonds. The normalized spacial score (nSPS) is 17.8. The Morgan fingerprint density at radius 3 is 2.62 bits per heavy atom. The lowest BCUT2D eigenvalue weighted by atomic mass is 9.89. The van der Waals surface area contributed by atoms with E-state index in [1.165, 1.54) is 4.31 Å². The van der Waals surface area contributed by atoms with Crippen LogP contribution >= 0.6 is 23.2 Å². The number of Topliss-reactive ketones (excluding diaryl/α,β-unsaturated/α-hetero) is 1. The van der Waals surface area contributed by atoms with Gasteiger partial charge in [-0.05, 0) is 54.5 Å². The van der Waals surface area contributed by atoms with Crippen LogP contribution in [0.5, 0.6) is 5.75 Å². The van der Waals surface area contributed by atoms with Gasteiger partial charge in [0.1, 0.15) is 5.78 Å². The summed E-state index contributed by atoms with van der Waals surface area (Å²) < 4.78 is 33.0. The van der Waals surface area contributed by atoms with Crippen molar-refractivity contribution in [2.75, 3.05) is 38.3 Å². The molecule has 1 atom stereocenters.